The molecular formula is C19H25N3OS. The fourth-order valence-electron chi connectivity index (χ4n) is 3.08. The zero-order valence-electron chi connectivity index (χ0n) is 14.4. The molecule has 5 heteroatoms. The van der Waals surface area contributed by atoms with Crippen LogP contribution in [-0.2, 0) is 11.3 Å². The van der Waals surface area contributed by atoms with Gasteiger partial charge in [0, 0.05) is 38.4 Å². The lowest BCUT2D eigenvalue weighted by Crippen LogP contribution is -2.52. The number of carbonyl (C=O) groups is 1. The molecule has 1 aliphatic rings. The summed E-state index contributed by atoms with van der Waals surface area (Å²) in [5.41, 5.74) is 3.42. The maximum Gasteiger partial charge on any atom is 0.241 e. The van der Waals surface area contributed by atoms with E-state index in [1.54, 1.807) is 11.3 Å². The molecule has 2 aromatic rings. The predicted octanol–water partition coefficient (Wildman–Crippen LogP) is 3.20. The van der Waals surface area contributed by atoms with E-state index in [-0.39, 0.29) is 11.9 Å². The molecule has 1 fully saturated rings. The van der Waals surface area contributed by atoms with Crippen molar-refractivity contribution in [3.05, 3.63) is 52.2 Å². The Kier molecular flexibility index (Phi) is 5.66. The van der Waals surface area contributed by atoms with Crippen molar-refractivity contribution in [1.82, 2.24) is 9.80 Å². The van der Waals surface area contributed by atoms with Crippen LogP contribution in [0.15, 0.2) is 41.1 Å². The van der Waals surface area contributed by atoms with Gasteiger partial charge in [-0.2, -0.15) is 11.3 Å². The highest BCUT2D eigenvalue weighted by atomic mass is 32.1. The third kappa shape index (κ3) is 4.44. The first-order valence-electron chi connectivity index (χ1n) is 8.47. The summed E-state index contributed by atoms with van der Waals surface area (Å²) in [4.78, 5) is 17.2. The van der Waals surface area contributed by atoms with Crippen LogP contribution in [0.2, 0.25) is 0 Å². The number of nitrogens with one attached hydrogen (secondary N) is 1. The van der Waals surface area contributed by atoms with Gasteiger partial charge in [-0.15, -0.1) is 0 Å². The minimum absolute atomic E-state index is 0.0758. The average Bonchev–Trinajstić information content (AvgIpc) is 3.08. The summed E-state index contributed by atoms with van der Waals surface area (Å²) in [6.07, 6.45) is 0. The van der Waals surface area contributed by atoms with E-state index >= 15 is 0 Å². The van der Waals surface area contributed by atoms with Gasteiger partial charge in [0.1, 0.15) is 0 Å². The smallest absolute Gasteiger partial charge is 0.241 e. The second-order valence-electron chi connectivity index (χ2n) is 6.48. The Bertz CT molecular complexity index is 663. The summed E-state index contributed by atoms with van der Waals surface area (Å²) in [6.45, 7) is 8.95. The van der Waals surface area contributed by atoms with Crippen molar-refractivity contribution in [2.75, 3.05) is 31.5 Å². The lowest BCUT2D eigenvalue weighted by Gasteiger charge is -2.37. The van der Waals surface area contributed by atoms with Gasteiger partial charge in [0.15, 0.2) is 0 Å². The van der Waals surface area contributed by atoms with Crippen LogP contribution in [0.5, 0.6) is 0 Å². The highest BCUT2D eigenvalue weighted by Crippen LogP contribution is 2.15. The molecule has 1 aromatic heterocycles. The molecule has 1 atom stereocenters. The van der Waals surface area contributed by atoms with E-state index in [1.165, 1.54) is 5.56 Å². The molecule has 1 amide bonds. The summed E-state index contributed by atoms with van der Waals surface area (Å²) in [7, 11) is 0. The van der Waals surface area contributed by atoms with Crippen molar-refractivity contribution in [1.29, 1.82) is 0 Å². The SMILES string of the molecule is Cc1cccc(NC(=O)[C@H](C)N2CCN(Cc3ccsc3)CC2)c1. The zero-order valence-corrected chi connectivity index (χ0v) is 15.2. The molecule has 24 heavy (non-hydrogen) atoms. The predicted molar refractivity (Wildman–Crippen MR) is 100 cm³/mol. The maximum atomic E-state index is 12.5. The van der Waals surface area contributed by atoms with Crippen molar-refractivity contribution >= 4 is 22.9 Å². The molecule has 128 valence electrons. The van der Waals surface area contributed by atoms with Gasteiger partial charge in [0.2, 0.25) is 5.91 Å². The van der Waals surface area contributed by atoms with Crippen molar-refractivity contribution in [2.45, 2.75) is 26.4 Å². The van der Waals surface area contributed by atoms with E-state index in [0.717, 1.165) is 44.0 Å². The number of hydrogen-bond acceptors (Lipinski definition) is 4. The standard InChI is InChI=1S/C19H25N3OS/c1-15-4-3-5-18(12-15)20-19(23)16(2)22-9-7-21(8-10-22)13-17-6-11-24-14-17/h3-6,11-12,14,16H,7-10,13H2,1-2H3,(H,20,23)/t16-/m0/s1. The fraction of sp³-hybridized carbons (Fsp3) is 0.421. The quantitative estimate of drug-likeness (QED) is 0.905. The van der Waals surface area contributed by atoms with Gasteiger partial charge in [-0.25, -0.2) is 0 Å². The molecule has 0 unspecified atom stereocenters. The number of nitrogens with zero attached hydrogens (tertiary/aromatic N) is 2. The molecule has 0 aliphatic carbocycles. The number of thiophene rings is 1. The zero-order chi connectivity index (χ0) is 16.9. The molecule has 1 saturated heterocycles. The van der Waals surface area contributed by atoms with Crippen LogP contribution < -0.4 is 5.32 Å². The van der Waals surface area contributed by atoms with Crippen molar-refractivity contribution in [3.63, 3.8) is 0 Å². The van der Waals surface area contributed by atoms with Gasteiger partial charge < -0.3 is 5.32 Å². The molecule has 4 nitrogen and oxygen atoms in total. The maximum absolute atomic E-state index is 12.5. The number of aryl methyl sites for hydroxylation is 1. The summed E-state index contributed by atoms with van der Waals surface area (Å²) in [6, 6.07) is 10.0. The average molecular weight is 343 g/mol. The minimum atomic E-state index is -0.103. The molecule has 1 aliphatic heterocycles. The first kappa shape index (κ1) is 17.1. The normalized spacial score (nSPS) is 17.6. The summed E-state index contributed by atoms with van der Waals surface area (Å²) in [5, 5.41) is 7.38. The Hall–Kier alpha value is -1.69. The number of anilines is 1. The number of piperazine rings is 1. The summed E-state index contributed by atoms with van der Waals surface area (Å²) < 4.78 is 0. The third-order valence-corrected chi connectivity index (χ3v) is 5.34. The second-order valence-corrected chi connectivity index (χ2v) is 7.26. The van der Waals surface area contributed by atoms with Gasteiger partial charge in [0.05, 0.1) is 6.04 Å². The first-order chi connectivity index (χ1) is 11.6. The van der Waals surface area contributed by atoms with E-state index in [4.69, 9.17) is 0 Å². The van der Waals surface area contributed by atoms with Crippen LogP contribution in [0, 0.1) is 6.92 Å². The Morgan fingerprint density at radius 2 is 2.04 bits per heavy atom. The monoisotopic (exact) mass is 343 g/mol. The highest BCUT2D eigenvalue weighted by molar-refractivity contribution is 7.07. The molecule has 3 rings (SSSR count). The van der Waals surface area contributed by atoms with Crippen LogP contribution in [0.3, 0.4) is 0 Å². The number of hydrogen-bond donors (Lipinski definition) is 1. The van der Waals surface area contributed by atoms with Crippen LogP contribution in [0.4, 0.5) is 5.69 Å². The molecule has 0 spiro atoms. The summed E-state index contributed by atoms with van der Waals surface area (Å²) >= 11 is 1.75. The van der Waals surface area contributed by atoms with E-state index < -0.39 is 0 Å². The molecule has 1 N–H and O–H groups in total. The summed E-state index contributed by atoms with van der Waals surface area (Å²) in [5.74, 6) is 0.0758. The van der Waals surface area contributed by atoms with Gasteiger partial charge in [-0.05, 0) is 53.9 Å². The number of carbonyl (C=O) groups excluding carboxylic acids is 1. The Labute approximate surface area is 148 Å². The van der Waals surface area contributed by atoms with Crippen LogP contribution in [0.25, 0.3) is 0 Å². The lowest BCUT2D eigenvalue weighted by atomic mass is 10.2. The molecule has 0 radical (unpaired) electrons. The van der Waals surface area contributed by atoms with E-state index in [0.29, 0.717) is 0 Å². The molecule has 1 aromatic carbocycles. The van der Waals surface area contributed by atoms with Gasteiger partial charge in [-0.3, -0.25) is 14.6 Å². The molecule has 0 saturated carbocycles. The Morgan fingerprint density at radius 3 is 2.71 bits per heavy atom. The lowest BCUT2D eigenvalue weighted by molar-refractivity contribution is -0.121. The largest absolute Gasteiger partial charge is 0.325 e. The Balaban J connectivity index is 1.49. The van der Waals surface area contributed by atoms with Gasteiger partial charge >= 0.3 is 0 Å². The van der Waals surface area contributed by atoms with E-state index in [9.17, 15) is 4.79 Å². The van der Waals surface area contributed by atoms with E-state index in [2.05, 4.69) is 31.9 Å². The third-order valence-electron chi connectivity index (χ3n) is 4.61. The van der Waals surface area contributed by atoms with Crippen LogP contribution >= 0.6 is 11.3 Å². The van der Waals surface area contributed by atoms with Crippen molar-refractivity contribution < 1.29 is 4.79 Å². The molecule has 2 heterocycles. The van der Waals surface area contributed by atoms with Crippen molar-refractivity contribution in [3.8, 4) is 0 Å². The topological polar surface area (TPSA) is 35.6 Å². The highest BCUT2D eigenvalue weighted by Gasteiger charge is 2.25. The van der Waals surface area contributed by atoms with E-state index in [1.807, 2.05) is 38.1 Å². The van der Waals surface area contributed by atoms with Gasteiger partial charge in [0.25, 0.3) is 0 Å². The van der Waals surface area contributed by atoms with Crippen LogP contribution in [-0.4, -0.2) is 47.9 Å². The van der Waals surface area contributed by atoms with Gasteiger partial charge in [-0.1, -0.05) is 12.1 Å². The second kappa shape index (κ2) is 7.92. The first-order valence-corrected chi connectivity index (χ1v) is 9.41. The fourth-order valence-corrected chi connectivity index (χ4v) is 3.74. The van der Waals surface area contributed by atoms with Crippen molar-refractivity contribution in [2.24, 2.45) is 0 Å². The minimum Gasteiger partial charge on any atom is -0.325 e. The number of rotatable bonds is 5. The number of benzene rings is 1. The number of amides is 1. The molecule has 0 bridgehead atoms. The molecular weight excluding hydrogens is 318 g/mol. The van der Waals surface area contributed by atoms with Crippen LogP contribution in [0.1, 0.15) is 18.1 Å². The Morgan fingerprint density at radius 1 is 1.25 bits per heavy atom.